The standard InChI is InChI=1S/C25H22F2N4O/c26-18-4-1-3-16(13-18)23-29-30-24(32-23)20-14-25(20)8-11-31(12-9-25)15-17-6-7-21(27)19-5-2-10-28-22(17)19/h1-7,10,13,20H,8-9,11-12,14-15H2/t20-/m0/s1. The highest BCUT2D eigenvalue weighted by atomic mass is 19.1. The van der Waals surface area contributed by atoms with Crippen LogP contribution in [-0.4, -0.2) is 33.2 Å². The molecule has 1 saturated carbocycles. The van der Waals surface area contributed by atoms with E-state index in [2.05, 4.69) is 20.1 Å². The van der Waals surface area contributed by atoms with Crippen LogP contribution < -0.4 is 0 Å². The first kappa shape index (κ1) is 19.5. The summed E-state index contributed by atoms with van der Waals surface area (Å²) in [7, 11) is 0. The first-order valence-corrected chi connectivity index (χ1v) is 11.0. The normalized spacial score (nSPS) is 20.1. The molecule has 4 aromatic rings. The van der Waals surface area contributed by atoms with E-state index in [0.717, 1.165) is 50.0 Å². The molecule has 6 rings (SSSR count). The number of nitrogens with zero attached hydrogens (tertiary/aromatic N) is 4. The van der Waals surface area contributed by atoms with Crippen LogP contribution >= 0.6 is 0 Å². The Bertz CT molecular complexity index is 1300. The van der Waals surface area contributed by atoms with Crippen LogP contribution in [0.3, 0.4) is 0 Å². The lowest BCUT2D eigenvalue weighted by Crippen LogP contribution is -2.34. The first-order chi connectivity index (χ1) is 15.6. The van der Waals surface area contributed by atoms with Crippen LogP contribution in [0.2, 0.25) is 0 Å². The van der Waals surface area contributed by atoms with Crippen LogP contribution in [0.25, 0.3) is 22.4 Å². The first-order valence-electron chi connectivity index (χ1n) is 11.0. The fraction of sp³-hybridized carbons (Fsp3) is 0.320. The van der Waals surface area contributed by atoms with Gasteiger partial charge in [-0.15, -0.1) is 10.2 Å². The maximum Gasteiger partial charge on any atom is 0.247 e. The molecule has 1 aliphatic heterocycles. The largest absolute Gasteiger partial charge is 0.420 e. The van der Waals surface area contributed by atoms with E-state index in [1.165, 1.54) is 18.2 Å². The Morgan fingerprint density at radius 2 is 1.91 bits per heavy atom. The van der Waals surface area contributed by atoms with E-state index in [9.17, 15) is 8.78 Å². The lowest BCUT2D eigenvalue weighted by molar-refractivity contribution is 0.160. The highest BCUT2D eigenvalue weighted by Crippen LogP contribution is 2.64. The molecular formula is C25H22F2N4O. The molecule has 32 heavy (non-hydrogen) atoms. The number of rotatable bonds is 4. The Morgan fingerprint density at radius 1 is 1.03 bits per heavy atom. The van der Waals surface area contributed by atoms with Crippen molar-refractivity contribution in [2.24, 2.45) is 5.41 Å². The van der Waals surface area contributed by atoms with Gasteiger partial charge in [0.15, 0.2) is 0 Å². The molecule has 0 bridgehead atoms. The second-order valence-corrected chi connectivity index (χ2v) is 8.96. The monoisotopic (exact) mass is 432 g/mol. The van der Waals surface area contributed by atoms with Gasteiger partial charge in [-0.05, 0) is 79.7 Å². The van der Waals surface area contributed by atoms with Gasteiger partial charge in [-0.1, -0.05) is 12.1 Å². The van der Waals surface area contributed by atoms with E-state index >= 15 is 0 Å². The van der Waals surface area contributed by atoms with Gasteiger partial charge < -0.3 is 4.42 Å². The summed E-state index contributed by atoms with van der Waals surface area (Å²) in [6.07, 6.45) is 4.88. The topological polar surface area (TPSA) is 55.1 Å². The van der Waals surface area contributed by atoms with Crippen LogP contribution in [0.4, 0.5) is 8.78 Å². The van der Waals surface area contributed by atoms with E-state index in [1.54, 1.807) is 30.5 Å². The number of halogens is 2. The number of aromatic nitrogens is 3. The summed E-state index contributed by atoms with van der Waals surface area (Å²) in [6.45, 7) is 2.69. The van der Waals surface area contributed by atoms with Crippen molar-refractivity contribution >= 4 is 10.9 Å². The fourth-order valence-corrected chi connectivity index (χ4v) is 5.08. The molecule has 0 radical (unpaired) electrons. The zero-order valence-corrected chi connectivity index (χ0v) is 17.5. The number of benzene rings is 2. The van der Waals surface area contributed by atoms with E-state index < -0.39 is 0 Å². The predicted octanol–water partition coefficient (Wildman–Crippen LogP) is 5.33. The molecule has 2 aromatic carbocycles. The van der Waals surface area contributed by atoms with Crippen LogP contribution in [0, 0.1) is 17.0 Å². The molecule has 1 saturated heterocycles. The van der Waals surface area contributed by atoms with E-state index in [-0.39, 0.29) is 23.0 Å². The van der Waals surface area contributed by atoms with Gasteiger partial charge in [0, 0.05) is 29.6 Å². The molecule has 7 heteroatoms. The summed E-state index contributed by atoms with van der Waals surface area (Å²) >= 11 is 0. The maximum atomic E-state index is 14.1. The molecule has 2 fully saturated rings. The van der Waals surface area contributed by atoms with E-state index in [4.69, 9.17) is 4.42 Å². The Kier molecular flexibility index (Phi) is 4.54. The second-order valence-electron chi connectivity index (χ2n) is 8.96. The Balaban J connectivity index is 1.13. The van der Waals surface area contributed by atoms with Crippen molar-refractivity contribution < 1.29 is 13.2 Å². The minimum Gasteiger partial charge on any atom is -0.420 e. The summed E-state index contributed by atoms with van der Waals surface area (Å²) < 4.78 is 33.5. The van der Waals surface area contributed by atoms with Crippen LogP contribution in [-0.2, 0) is 6.54 Å². The van der Waals surface area contributed by atoms with Crippen molar-refractivity contribution in [3.05, 3.63) is 77.8 Å². The van der Waals surface area contributed by atoms with Gasteiger partial charge >= 0.3 is 0 Å². The number of piperidine rings is 1. The third kappa shape index (κ3) is 3.37. The minimum atomic E-state index is -0.318. The highest BCUT2D eigenvalue weighted by Gasteiger charge is 2.58. The molecule has 1 aliphatic carbocycles. The molecule has 2 aliphatic rings. The maximum absolute atomic E-state index is 14.1. The SMILES string of the molecule is Fc1cccc(-c2nnc([C@@H]3CC34CCN(Cc3ccc(F)c5cccnc35)CC4)o2)c1. The third-order valence-corrected chi connectivity index (χ3v) is 7.05. The van der Waals surface area contributed by atoms with Gasteiger partial charge in [-0.2, -0.15) is 0 Å². The Morgan fingerprint density at radius 3 is 2.75 bits per heavy atom. The molecule has 0 N–H and O–H groups in total. The molecule has 1 spiro atoms. The number of fused-ring (bicyclic) bond motifs is 1. The summed E-state index contributed by atoms with van der Waals surface area (Å²) in [5, 5.41) is 8.98. The van der Waals surface area contributed by atoms with Gasteiger partial charge in [0.2, 0.25) is 11.8 Å². The second kappa shape index (κ2) is 7.45. The Hall–Kier alpha value is -3.19. The Labute approximate surface area is 184 Å². The zero-order valence-electron chi connectivity index (χ0n) is 17.5. The summed E-state index contributed by atoms with van der Waals surface area (Å²) in [5.74, 6) is 0.753. The average molecular weight is 432 g/mol. The third-order valence-electron chi connectivity index (χ3n) is 7.05. The van der Waals surface area contributed by atoms with E-state index in [1.807, 2.05) is 6.07 Å². The van der Waals surface area contributed by atoms with Gasteiger partial charge in [-0.3, -0.25) is 9.88 Å². The van der Waals surface area contributed by atoms with Crippen molar-refractivity contribution in [1.82, 2.24) is 20.1 Å². The molecule has 5 nitrogen and oxygen atoms in total. The quantitative estimate of drug-likeness (QED) is 0.436. The van der Waals surface area contributed by atoms with Crippen LogP contribution in [0.1, 0.15) is 36.6 Å². The molecular weight excluding hydrogens is 410 g/mol. The molecule has 0 amide bonds. The molecule has 0 unspecified atom stereocenters. The molecule has 1 atom stereocenters. The van der Waals surface area contributed by atoms with Crippen molar-refractivity contribution in [2.45, 2.75) is 31.7 Å². The van der Waals surface area contributed by atoms with Gasteiger partial charge in [-0.25, -0.2) is 8.78 Å². The summed E-state index contributed by atoms with van der Waals surface area (Å²) in [5.41, 5.74) is 2.62. The fourth-order valence-electron chi connectivity index (χ4n) is 5.08. The van der Waals surface area contributed by atoms with Crippen molar-refractivity contribution in [3.8, 4) is 11.5 Å². The number of likely N-dealkylation sites (tertiary alicyclic amines) is 1. The average Bonchev–Trinajstić information content (AvgIpc) is 3.28. The van der Waals surface area contributed by atoms with Gasteiger partial charge in [0.05, 0.1) is 5.52 Å². The van der Waals surface area contributed by atoms with Gasteiger partial charge in [0.1, 0.15) is 11.6 Å². The number of hydrogen-bond donors (Lipinski definition) is 0. The van der Waals surface area contributed by atoms with Crippen LogP contribution in [0.5, 0.6) is 0 Å². The lowest BCUT2D eigenvalue weighted by atomic mass is 9.90. The lowest BCUT2D eigenvalue weighted by Gasteiger charge is -2.32. The number of hydrogen-bond acceptors (Lipinski definition) is 5. The molecule has 162 valence electrons. The molecule has 2 aromatic heterocycles. The molecule has 3 heterocycles. The zero-order chi connectivity index (χ0) is 21.7. The smallest absolute Gasteiger partial charge is 0.247 e. The van der Waals surface area contributed by atoms with E-state index in [0.29, 0.717) is 22.7 Å². The minimum absolute atomic E-state index is 0.214. The summed E-state index contributed by atoms with van der Waals surface area (Å²) in [6, 6.07) is 13.2. The van der Waals surface area contributed by atoms with Crippen molar-refractivity contribution in [1.29, 1.82) is 0 Å². The highest BCUT2D eigenvalue weighted by molar-refractivity contribution is 5.82. The summed E-state index contributed by atoms with van der Waals surface area (Å²) in [4.78, 5) is 6.83. The van der Waals surface area contributed by atoms with Crippen molar-refractivity contribution in [2.75, 3.05) is 13.1 Å². The predicted molar refractivity (Wildman–Crippen MR) is 116 cm³/mol. The van der Waals surface area contributed by atoms with Crippen molar-refractivity contribution in [3.63, 3.8) is 0 Å². The van der Waals surface area contributed by atoms with Gasteiger partial charge in [0.25, 0.3) is 0 Å². The van der Waals surface area contributed by atoms with Crippen LogP contribution in [0.15, 0.2) is 59.1 Å². The number of pyridine rings is 1.